The Bertz CT molecular complexity index is 372. The van der Waals surface area contributed by atoms with Crippen LogP contribution in [0.4, 0.5) is 0 Å². The molecule has 0 aromatic heterocycles. The van der Waals surface area contributed by atoms with Crippen molar-refractivity contribution in [3.05, 3.63) is 58.2 Å². The topological polar surface area (TPSA) is 43.1 Å². The van der Waals surface area contributed by atoms with E-state index in [-0.39, 0.29) is 10.8 Å². The summed E-state index contributed by atoms with van der Waals surface area (Å²) in [5, 5.41) is 10.7. The van der Waals surface area contributed by atoms with Gasteiger partial charge in [0.1, 0.15) is 0 Å². The Hall–Kier alpha value is -1.64. The zero-order valence-corrected chi connectivity index (χ0v) is 8.37. The Morgan fingerprint density at radius 3 is 2.67 bits per heavy atom. The number of allylic oxidation sites excluding steroid dienone is 1. The van der Waals surface area contributed by atoms with E-state index in [1.807, 2.05) is 36.4 Å². The molecule has 0 heterocycles. The molecule has 15 heavy (non-hydrogen) atoms. The lowest BCUT2D eigenvalue weighted by Crippen LogP contribution is -2.23. The van der Waals surface area contributed by atoms with Crippen LogP contribution >= 0.6 is 0 Å². The summed E-state index contributed by atoms with van der Waals surface area (Å²) in [5.41, 5.74) is 1.17. The summed E-state index contributed by atoms with van der Waals surface area (Å²) in [4.78, 5) is 10.5. The number of hydrogen-bond acceptors (Lipinski definition) is 2. The second-order valence-electron chi connectivity index (χ2n) is 3.86. The van der Waals surface area contributed by atoms with Crippen molar-refractivity contribution < 1.29 is 4.92 Å². The van der Waals surface area contributed by atoms with Gasteiger partial charge in [0.05, 0.1) is 0 Å². The van der Waals surface area contributed by atoms with Gasteiger partial charge in [0, 0.05) is 23.7 Å². The van der Waals surface area contributed by atoms with Crippen LogP contribution in [0.2, 0.25) is 0 Å². The summed E-state index contributed by atoms with van der Waals surface area (Å²) in [5.74, 6) is 0.204. The van der Waals surface area contributed by atoms with Crippen LogP contribution < -0.4 is 0 Å². The first-order valence-electron chi connectivity index (χ1n) is 5.12. The molecule has 1 aliphatic rings. The predicted molar refractivity (Wildman–Crippen MR) is 58.3 cm³/mol. The van der Waals surface area contributed by atoms with Crippen LogP contribution in [-0.2, 0) is 0 Å². The molecule has 0 saturated carbocycles. The van der Waals surface area contributed by atoms with E-state index < -0.39 is 6.04 Å². The van der Waals surface area contributed by atoms with E-state index in [2.05, 4.69) is 6.08 Å². The molecule has 0 N–H and O–H groups in total. The van der Waals surface area contributed by atoms with E-state index >= 15 is 0 Å². The Kier molecular flexibility index (Phi) is 2.81. The van der Waals surface area contributed by atoms with Gasteiger partial charge in [-0.05, 0) is 5.56 Å². The van der Waals surface area contributed by atoms with Crippen molar-refractivity contribution in [3.8, 4) is 0 Å². The van der Waals surface area contributed by atoms with Crippen LogP contribution in [0.25, 0.3) is 0 Å². The standard InChI is InChI=1S/C12H13NO2/c14-13(15)12-8-4-7-11(9-12)10-5-2-1-3-6-10/h1-7,11-12H,8-9H2/t11-,12+/m1/s1. The summed E-state index contributed by atoms with van der Waals surface area (Å²) in [6.45, 7) is 0. The molecular formula is C12H13NO2. The van der Waals surface area contributed by atoms with Crippen molar-refractivity contribution in [2.75, 3.05) is 0 Å². The van der Waals surface area contributed by atoms with Gasteiger partial charge in [-0.1, -0.05) is 42.5 Å². The van der Waals surface area contributed by atoms with Gasteiger partial charge in [-0.25, -0.2) is 0 Å². The van der Waals surface area contributed by atoms with Gasteiger partial charge in [0.25, 0.3) is 0 Å². The van der Waals surface area contributed by atoms with E-state index in [0.717, 1.165) is 0 Å². The highest BCUT2D eigenvalue weighted by molar-refractivity contribution is 5.25. The highest BCUT2D eigenvalue weighted by Gasteiger charge is 2.26. The second kappa shape index (κ2) is 4.26. The lowest BCUT2D eigenvalue weighted by molar-refractivity contribution is -0.523. The lowest BCUT2D eigenvalue weighted by atomic mass is 9.87. The maximum absolute atomic E-state index is 10.7. The van der Waals surface area contributed by atoms with Crippen molar-refractivity contribution >= 4 is 0 Å². The molecule has 3 heteroatoms. The zero-order valence-electron chi connectivity index (χ0n) is 8.37. The van der Waals surface area contributed by atoms with Crippen LogP contribution in [0.3, 0.4) is 0 Å². The monoisotopic (exact) mass is 203 g/mol. The largest absolute Gasteiger partial charge is 0.264 e. The summed E-state index contributed by atoms with van der Waals surface area (Å²) < 4.78 is 0. The molecule has 0 fully saturated rings. The van der Waals surface area contributed by atoms with Crippen LogP contribution in [-0.4, -0.2) is 11.0 Å². The van der Waals surface area contributed by atoms with E-state index in [4.69, 9.17) is 0 Å². The van der Waals surface area contributed by atoms with E-state index in [0.29, 0.717) is 12.8 Å². The molecule has 0 spiro atoms. The Morgan fingerprint density at radius 1 is 1.27 bits per heavy atom. The molecule has 1 aromatic rings. The third kappa shape index (κ3) is 2.24. The molecule has 0 amide bonds. The molecule has 78 valence electrons. The van der Waals surface area contributed by atoms with E-state index in [1.54, 1.807) is 0 Å². The summed E-state index contributed by atoms with van der Waals surface area (Å²) >= 11 is 0. The minimum absolute atomic E-state index is 0.167. The molecule has 1 aliphatic carbocycles. The Labute approximate surface area is 88.6 Å². The fourth-order valence-corrected chi connectivity index (χ4v) is 1.99. The van der Waals surface area contributed by atoms with E-state index in [9.17, 15) is 10.1 Å². The average molecular weight is 203 g/mol. The van der Waals surface area contributed by atoms with Crippen LogP contribution in [0.15, 0.2) is 42.5 Å². The molecule has 0 bridgehead atoms. The third-order valence-electron chi connectivity index (χ3n) is 2.83. The lowest BCUT2D eigenvalue weighted by Gasteiger charge is -2.19. The summed E-state index contributed by atoms with van der Waals surface area (Å²) in [6.07, 6.45) is 5.19. The first-order chi connectivity index (χ1) is 7.27. The average Bonchev–Trinajstić information content (AvgIpc) is 2.30. The fraction of sp³-hybridized carbons (Fsp3) is 0.333. The second-order valence-corrected chi connectivity index (χ2v) is 3.86. The van der Waals surface area contributed by atoms with Crippen molar-refractivity contribution in [3.63, 3.8) is 0 Å². The highest BCUT2D eigenvalue weighted by Crippen LogP contribution is 2.28. The number of hydrogen-bond donors (Lipinski definition) is 0. The van der Waals surface area contributed by atoms with Gasteiger partial charge in [0.2, 0.25) is 6.04 Å². The van der Waals surface area contributed by atoms with Gasteiger partial charge in [-0.2, -0.15) is 0 Å². The molecule has 0 aliphatic heterocycles. The first kappa shape index (κ1) is 9.90. The Balaban J connectivity index is 2.15. The van der Waals surface area contributed by atoms with Crippen molar-refractivity contribution in [2.24, 2.45) is 0 Å². The minimum Gasteiger partial charge on any atom is -0.264 e. The quantitative estimate of drug-likeness (QED) is 0.421. The van der Waals surface area contributed by atoms with Crippen molar-refractivity contribution in [1.29, 1.82) is 0 Å². The van der Waals surface area contributed by atoms with Gasteiger partial charge < -0.3 is 0 Å². The molecule has 0 radical (unpaired) electrons. The number of nitro groups is 1. The highest BCUT2D eigenvalue weighted by atomic mass is 16.6. The Morgan fingerprint density at radius 2 is 2.00 bits per heavy atom. The fourth-order valence-electron chi connectivity index (χ4n) is 1.99. The van der Waals surface area contributed by atoms with E-state index in [1.165, 1.54) is 5.56 Å². The van der Waals surface area contributed by atoms with Gasteiger partial charge in [-0.3, -0.25) is 10.1 Å². The molecule has 2 atom stereocenters. The molecule has 1 aromatic carbocycles. The normalized spacial score (nSPS) is 25.1. The number of benzene rings is 1. The van der Waals surface area contributed by atoms with Gasteiger partial charge >= 0.3 is 0 Å². The number of rotatable bonds is 2. The molecule has 2 rings (SSSR count). The molecule has 0 saturated heterocycles. The van der Waals surface area contributed by atoms with Crippen molar-refractivity contribution in [1.82, 2.24) is 0 Å². The maximum atomic E-state index is 10.7. The SMILES string of the molecule is O=[N+]([O-])[C@H]1CC=C[C@@H](c2ccccc2)C1. The predicted octanol–water partition coefficient (Wildman–Crippen LogP) is 2.77. The van der Waals surface area contributed by atoms with Crippen LogP contribution in [0.1, 0.15) is 24.3 Å². The van der Waals surface area contributed by atoms with Gasteiger partial charge in [-0.15, -0.1) is 0 Å². The molecular weight excluding hydrogens is 190 g/mol. The van der Waals surface area contributed by atoms with Crippen molar-refractivity contribution in [2.45, 2.75) is 24.8 Å². The van der Waals surface area contributed by atoms with Crippen LogP contribution in [0.5, 0.6) is 0 Å². The third-order valence-corrected chi connectivity index (χ3v) is 2.83. The summed E-state index contributed by atoms with van der Waals surface area (Å²) in [6, 6.07) is 9.54. The maximum Gasteiger partial charge on any atom is 0.217 e. The van der Waals surface area contributed by atoms with Gasteiger partial charge in [0.15, 0.2) is 0 Å². The zero-order chi connectivity index (χ0) is 10.7. The number of nitrogens with zero attached hydrogens (tertiary/aromatic N) is 1. The molecule has 0 unspecified atom stereocenters. The summed E-state index contributed by atoms with van der Waals surface area (Å²) in [7, 11) is 0. The smallest absolute Gasteiger partial charge is 0.217 e. The minimum atomic E-state index is -0.416. The first-order valence-corrected chi connectivity index (χ1v) is 5.12. The van der Waals surface area contributed by atoms with Crippen LogP contribution in [0, 0.1) is 10.1 Å². The molecule has 3 nitrogen and oxygen atoms in total.